The number of aliphatic carboxylic acids is 1. The largest absolute Gasteiger partial charge is 0.481 e. The Kier molecular flexibility index (Phi) is 15.1. The van der Waals surface area contributed by atoms with Gasteiger partial charge in [0.25, 0.3) is 0 Å². The van der Waals surface area contributed by atoms with Gasteiger partial charge in [0.15, 0.2) is 0 Å². The fraction of sp³-hybridized carbons (Fsp3) is 0.550. The first-order valence-electron chi connectivity index (χ1n) is 8.80. The lowest BCUT2D eigenvalue weighted by Crippen LogP contribution is -2.23. The van der Waals surface area contributed by atoms with Crippen molar-refractivity contribution in [2.75, 3.05) is 0 Å². The molecule has 0 aliphatic carbocycles. The molecule has 0 unspecified atom stereocenters. The van der Waals surface area contributed by atoms with E-state index in [0.717, 1.165) is 12.8 Å². The Balaban J connectivity index is 3.81. The van der Waals surface area contributed by atoms with Gasteiger partial charge in [0, 0.05) is 6.42 Å². The van der Waals surface area contributed by atoms with Crippen LogP contribution in [0, 0.1) is 0 Å². The number of carboxylic acids is 1. The van der Waals surface area contributed by atoms with Crippen LogP contribution in [0.2, 0.25) is 0 Å². The summed E-state index contributed by atoms with van der Waals surface area (Å²) in [4.78, 5) is 10.4. The monoisotopic (exact) mass is 336 g/mol. The zero-order valence-corrected chi connectivity index (χ0v) is 14.7. The number of unbranched alkanes of at least 4 members (excludes halogenated alkanes) is 3. The highest BCUT2D eigenvalue weighted by atomic mass is 16.4. The van der Waals surface area contributed by atoms with Gasteiger partial charge in [0.05, 0.1) is 12.2 Å². The van der Waals surface area contributed by atoms with E-state index in [9.17, 15) is 15.0 Å². The molecule has 136 valence electrons. The average molecular weight is 336 g/mol. The second kappa shape index (κ2) is 16.2. The van der Waals surface area contributed by atoms with Gasteiger partial charge < -0.3 is 15.3 Å². The predicted molar refractivity (Wildman–Crippen MR) is 98.8 cm³/mol. The standard InChI is InChI=1S/C20H32O4/c1-2-3-4-5-6-7-8-9-10-11-12-13-15-18(21)19(22)16-14-17-20(23)24/h6-7,9-13,15,18-19,21-22H,2-5,8,14,16-17H2,1H3,(H,23,24)/b7-6-,10-9+,12-11+,15-13-/t18-,19+/m1/s1. The Morgan fingerprint density at radius 2 is 1.71 bits per heavy atom. The van der Waals surface area contributed by atoms with Crippen LogP contribution in [-0.2, 0) is 4.79 Å². The van der Waals surface area contributed by atoms with Gasteiger partial charge in [0.1, 0.15) is 0 Å². The Morgan fingerprint density at radius 3 is 2.42 bits per heavy atom. The van der Waals surface area contributed by atoms with E-state index in [2.05, 4.69) is 25.2 Å². The van der Waals surface area contributed by atoms with Crippen LogP contribution in [0.5, 0.6) is 0 Å². The number of allylic oxidation sites excluding steroid dienone is 7. The molecule has 0 saturated heterocycles. The molecule has 4 heteroatoms. The van der Waals surface area contributed by atoms with E-state index in [4.69, 9.17) is 5.11 Å². The first-order chi connectivity index (χ1) is 11.6. The summed E-state index contributed by atoms with van der Waals surface area (Å²) in [5.41, 5.74) is 0. The van der Waals surface area contributed by atoms with Crippen LogP contribution >= 0.6 is 0 Å². The molecular formula is C20H32O4. The van der Waals surface area contributed by atoms with Crippen molar-refractivity contribution in [1.29, 1.82) is 0 Å². The Labute approximate surface area is 145 Å². The van der Waals surface area contributed by atoms with E-state index in [-0.39, 0.29) is 12.8 Å². The molecule has 0 amide bonds. The fourth-order valence-corrected chi connectivity index (χ4v) is 2.03. The number of carbonyl (C=O) groups is 1. The minimum atomic E-state index is -0.974. The lowest BCUT2D eigenvalue weighted by atomic mass is 10.1. The maximum absolute atomic E-state index is 10.4. The van der Waals surface area contributed by atoms with E-state index in [0.29, 0.717) is 6.42 Å². The van der Waals surface area contributed by atoms with Gasteiger partial charge in [-0.1, -0.05) is 68.4 Å². The number of hydrogen-bond acceptors (Lipinski definition) is 3. The summed E-state index contributed by atoms with van der Waals surface area (Å²) in [6.07, 6.45) is 19.8. The predicted octanol–water partition coefficient (Wildman–Crippen LogP) is 4.16. The molecule has 0 rings (SSSR count). The highest BCUT2D eigenvalue weighted by Crippen LogP contribution is 2.06. The molecule has 2 atom stereocenters. The molecule has 0 fully saturated rings. The number of hydrogen-bond donors (Lipinski definition) is 3. The molecule has 0 aromatic rings. The van der Waals surface area contributed by atoms with Crippen LogP contribution in [0.4, 0.5) is 0 Å². The molecule has 0 spiro atoms. The van der Waals surface area contributed by atoms with Crippen molar-refractivity contribution in [3.63, 3.8) is 0 Å². The van der Waals surface area contributed by atoms with Gasteiger partial charge in [-0.05, 0) is 32.1 Å². The smallest absolute Gasteiger partial charge is 0.303 e. The van der Waals surface area contributed by atoms with Crippen LogP contribution in [0.25, 0.3) is 0 Å². The first kappa shape index (κ1) is 22.4. The van der Waals surface area contributed by atoms with Crippen LogP contribution in [0.15, 0.2) is 48.6 Å². The van der Waals surface area contributed by atoms with E-state index in [1.54, 1.807) is 12.2 Å². The van der Waals surface area contributed by atoms with Gasteiger partial charge in [-0.2, -0.15) is 0 Å². The van der Waals surface area contributed by atoms with Gasteiger partial charge >= 0.3 is 5.97 Å². The van der Waals surface area contributed by atoms with Crippen molar-refractivity contribution in [2.45, 2.75) is 70.5 Å². The summed E-state index contributed by atoms with van der Waals surface area (Å²) in [5, 5.41) is 27.9. The van der Waals surface area contributed by atoms with E-state index < -0.39 is 18.2 Å². The van der Waals surface area contributed by atoms with E-state index >= 15 is 0 Å². The summed E-state index contributed by atoms with van der Waals surface area (Å²) in [5.74, 6) is -0.891. The highest BCUT2D eigenvalue weighted by molar-refractivity contribution is 5.66. The molecule has 0 aliphatic heterocycles. The quantitative estimate of drug-likeness (QED) is 0.253. The fourth-order valence-electron chi connectivity index (χ4n) is 2.03. The normalized spacial score (nSPS) is 15.1. The van der Waals surface area contributed by atoms with Gasteiger partial charge in [0.2, 0.25) is 0 Å². The zero-order valence-electron chi connectivity index (χ0n) is 14.7. The molecule has 0 heterocycles. The summed E-state index contributed by atoms with van der Waals surface area (Å²) in [6.45, 7) is 2.20. The minimum absolute atomic E-state index is 0.00520. The maximum atomic E-state index is 10.4. The third-order valence-electron chi connectivity index (χ3n) is 3.48. The zero-order chi connectivity index (χ0) is 18.0. The maximum Gasteiger partial charge on any atom is 0.303 e. The number of carboxylic acid groups (broad SMARTS) is 1. The average Bonchev–Trinajstić information content (AvgIpc) is 2.55. The van der Waals surface area contributed by atoms with Crippen LogP contribution < -0.4 is 0 Å². The molecule has 0 saturated carbocycles. The molecule has 4 nitrogen and oxygen atoms in total. The molecule has 24 heavy (non-hydrogen) atoms. The van der Waals surface area contributed by atoms with Crippen molar-refractivity contribution < 1.29 is 20.1 Å². The van der Waals surface area contributed by atoms with Crippen molar-refractivity contribution >= 4 is 5.97 Å². The van der Waals surface area contributed by atoms with Gasteiger partial charge in [-0.15, -0.1) is 0 Å². The molecular weight excluding hydrogens is 304 g/mol. The lowest BCUT2D eigenvalue weighted by molar-refractivity contribution is -0.137. The second-order valence-electron chi connectivity index (χ2n) is 5.74. The van der Waals surface area contributed by atoms with E-state index in [1.807, 2.05) is 12.2 Å². The first-order valence-corrected chi connectivity index (χ1v) is 8.80. The van der Waals surface area contributed by atoms with E-state index in [1.165, 1.54) is 25.3 Å². The van der Waals surface area contributed by atoms with Crippen LogP contribution in [0.3, 0.4) is 0 Å². The summed E-state index contributed by atoms with van der Waals surface area (Å²) < 4.78 is 0. The Morgan fingerprint density at radius 1 is 0.958 bits per heavy atom. The van der Waals surface area contributed by atoms with Crippen molar-refractivity contribution in [3.8, 4) is 0 Å². The molecule has 0 bridgehead atoms. The third-order valence-corrected chi connectivity index (χ3v) is 3.48. The Bertz CT molecular complexity index is 421. The molecule has 0 aromatic carbocycles. The van der Waals surface area contributed by atoms with Crippen molar-refractivity contribution in [1.82, 2.24) is 0 Å². The second-order valence-corrected chi connectivity index (χ2v) is 5.74. The lowest BCUT2D eigenvalue weighted by Gasteiger charge is -2.13. The summed E-state index contributed by atoms with van der Waals surface area (Å²) in [6, 6.07) is 0. The molecule has 0 aromatic heterocycles. The molecule has 0 aliphatic rings. The number of aliphatic hydroxyl groups excluding tert-OH is 2. The topological polar surface area (TPSA) is 77.8 Å². The summed E-state index contributed by atoms with van der Waals surface area (Å²) >= 11 is 0. The van der Waals surface area contributed by atoms with Crippen molar-refractivity contribution in [3.05, 3.63) is 48.6 Å². The molecule has 3 N–H and O–H groups in total. The molecule has 0 radical (unpaired) electrons. The van der Waals surface area contributed by atoms with Crippen LogP contribution in [0.1, 0.15) is 58.3 Å². The van der Waals surface area contributed by atoms with Gasteiger partial charge in [-0.25, -0.2) is 0 Å². The summed E-state index contributed by atoms with van der Waals surface area (Å²) in [7, 11) is 0. The highest BCUT2D eigenvalue weighted by Gasteiger charge is 2.12. The number of rotatable bonds is 14. The van der Waals surface area contributed by atoms with Crippen LogP contribution in [-0.4, -0.2) is 33.5 Å². The van der Waals surface area contributed by atoms with Crippen molar-refractivity contribution in [2.24, 2.45) is 0 Å². The van der Waals surface area contributed by atoms with Gasteiger partial charge in [-0.3, -0.25) is 4.79 Å². The SMILES string of the molecule is CCCCC/C=C\C/C=C/C=C/C=C\[C@@H](O)[C@@H](O)CCCC(=O)O. The third kappa shape index (κ3) is 15.3. The Hall–Kier alpha value is -1.65. The number of aliphatic hydroxyl groups is 2. The minimum Gasteiger partial charge on any atom is -0.481 e.